The number of hydrogen-bond acceptors (Lipinski definition) is 3. The summed E-state index contributed by atoms with van der Waals surface area (Å²) in [5.74, 6) is 0.898. The number of anilines is 1. The summed E-state index contributed by atoms with van der Waals surface area (Å²) >= 11 is 0. The van der Waals surface area contributed by atoms with E-state index in [9.17, 15) is 4.79 Å². The van der Waals surface area contributed by atoms with Gasteiger partial charge in [-0.15, -0.1) is 0 Å². The standard InChI is InChI=1S/C14H16N2O2/c1-10-8-12(16-7-3-4-14(16)17)11(5-6-15)9-13(10)18-2/h8-9H,3-5,7H2,1-2H3. The summed E-state index contributed by atoms with van der Waals surface area (Å²) in [4.78, 5) is 13.6. The highest BCUT2D eigenvalue weighted by molar-refractivity contribution is 5.96. The first-order valence-corrected chi connectivity index (χ1v) is 6.02. The van der Waals surface area contributed by atoms with Crippen LogP contribution >= 0.6 is 0 Å². The minimum absolute atomic E-state index is 0.138. The Bertz CT molecular complexity index is 517. The van der Waals surface area contributed by atoms with E-state index in [0.717, 1.165) is 35.5 Å². The first-order valence-electron chi connectivity index (χ1n) is 6.02. The van der Waals surface area contributed by atoms with Crippen LogP contribution in [0.1, 0.15) is 24.0 Å². The Morgan fingerprint density at radius 1 is 1.50 bits per heavy atom. The van der Waals surface area contributed by atoms with Crippen LogP contribution in [0, 0.1) is 18.3 Å². The molecule has 0 aliphatic carbocycles. The van der Waals surface area contributed by atoms with E-state index in [1.54, 1.807) is 12.0 Å². The lowest BCUT2D eigenvalue weighted by Gasteiger charge is -2.20. The first kappa shape index (κ1) is 12.4. The number of rotatable bonds is 3. The highest BCUT2D eigenvalue weighted by Gasteiger charge is 2.24. The van der Waals surface area contributed by atoms with E-state index in [1.807, 2.05) is 19.1 Å². The summed E-state index contributed by atoms with van der Waals surface area (Å²) in [6.07, 6.45) is 1.77. The largest absolute Gasteiger partial charge is 0.496 e. The van der Waals surface area contributed by atoms with Crippen molar-refractivity contribution in [2.24, 2.45) is 0 Å². The lowest BCUT2D eigenvalue weighted by molar-refractivity contribution is -0.117. The number of amides is 1. The molecule has 4 heteroatoms. The van der Waals surface area contributed by atoms with E-state index in [0.29, 0.717) is 6.42 Å². The van der Waals surface area contributed by atoms with Gasteiger partial charge in [0.05, 0.1) is 19.6 Å². The average molecular weight is 244 g/mol. The molecule has 1 heterocycles. The quantitative estimate of drug-likeness (QED) is 0.819. The second kappa shape index (κ2) is 5.09. The molecule has 2 rings (SSSR count). The molecule has 0 unspecified atom stereocenters. The van der Waals surface area contributed by atoms with Crippen LogP contribution in [0.4, 0.5) is 5.69 Å². The molecule has 0 saturated carbocycles. The Hall–Kier alpha value is -2.02. The number of nitrogens with zero attached hydrogens (tertiary/aromatic N) is 2. The minimum atomic E-state index is 0.138. The SMILES string of the molecule is COc1cc(CC#N)c(N2CCCC2=O)cc1C. The second-order valence-corrected chi connectivity index (χ2v) is 4.43. The van der Waals surface area contributed by atoms with Crippen LogP contribution in [0.5, 0.6) is 5.75 Å². The molecule has 0 bridgehead atoms. The zero-order chi connectivity index (χ0) is 13.1. The highest BCUT2D eigenvalue weighted by Crippen LogP contribution is 2.32. The Kier molecular flexibility index (Phi) is 3.52. The number of ether oxygens (including phenoxy) is 1. The zero-order valence-electron chi connectivity index (χ0n) is 10.7. The third-order valence-corrected chi connectivity index (χ3v) is 3.23. The van der Waals surface area contributed by atoms with Gasteiger partial charge in [-0.05, 0) is 36.6 Å². The van der Waals surface area contributed by atoms with Gasteiger partial charge in [0.2, 0.25) is 5.91 Å². The van der Waals surface area contributed by atoms with Crippen molar-refractivity contribution < 1.29 is 9.53 Å². The Morgan fingerprint density at radius 3 is 2.83 bits per heavy atom. The number of carbonyl (C=O) groups is 1. The maximum absolute atomic E-state index is 11.8. The van der Waals surface area contributed by atoms with Gasteiger partial charge >= 0.3 is 0 Å². The summed E-state index contributed by atoms with van der Waals surface area (Å²) in [6.45, 7) is 2.68. The molecule has 1 aliphatic rings. The summed E-state index contributed by atoms with van der Waals surface area (Å²) in [5.41, 5.74) is 2.70. The van der Waals surface area contributed by atoms with Crippen LogP contribution in [0.25, 0.3) is 0 Å². The van der Waals surface area contributed by atoms with E-state index in [4.69, 9.17) is 10.00 Å². The fraction of sp³-hybridized carbons (Fsp3) is 0.429. The average Bonchev–Trinajstić information content (AvgIpc) is 2.77. The van der Waals surface area contributed by atoms with Gasteiger partial charge in [0.25, 0.3) is 0 Å². The molecule has 0 spiro atoms. The summed E-state index contributed by atoms with van der Waals surface area (Å²) in [6, 6.07) is 5.94. The van der Waals surface area contributed by atoms with Gasteiger partial charge in [-0.2, -0.15) is 5.26 Å². The lowest BCUT2D eigenvalue weighted by atomic mass is 10.1. The van der Waals surface area contributed by atoms with Crippen LogP contribution in [0.15, 0.2) is 12.1 Å². The number of carbonyl (C=O) groups excluding carboxylic acids is 1. The number of nitriles is 1. The van der Waals surface area contributed by atoms with Crippen molar-refractivity contribution in [3.05, 3.63) is 23.3 Å². The van der Waals surface area contributed by atoms with E-state index in [-0.39, 0.29) is 12.3 Å². The van der Waals surface area contributed by atoms with Gasteiger partial charge in [-0.25, -0.2) is 0 Å². The molecule has 1 aromatic rings. The third-order valence-electron chi connectivity index (χ3n) is 3.23. The Labute approximate surface area is 107 Å². The molecular weight excluding hydrogens is 228 g/mol. The van der Waals surface area contributed by atoms with Crippen LogP contribution in [0.2, 0.25) is 0 Å². The highest BCUT2D eigenvalue weighted by atomic mass is 16.5. The van der Waals surface area contributed by atoms with Crippen molar-refractivity contribution >= 4 is 11.6 Å². The third kappa shape index (κ3) is 2.17. The Balaban J connectivity index is 2.48. The number of methoxy groups -OCH3 is 1. The van der Waals surface area contributed by atoms with Gasteiger partial charge in [0.1, 0.15) is 5.75 Å². The molecule has 4 nitrogen and oxygen atoms in total. The maximum atomic E-state index is 11.8. The van der Waals surface area contributed by atoms with Gasteiger partial charge in [0.15, 0.2) is 0 Å². The monoisotopic (exact) mass is 244 g/mol. The molecule has 0 radical (unpaired) electrons. The lowest BCUT2D eigenvalue weighted by Crippen LogP contribution is -2.25. The van der Waals surface area contributed by atoms with Crippen molar-refractivity contribution in [3.8, 4) is 11.8 Å². The molecule has 0 aromatic heterocycles. The van der Waals surface area contributed by atoms with Gasteiger partial charge < -0.3 is 9.64 Å². The minimum Gasteiger partial charge on any atom is -0.496 e. The van der Waals surface area contributed by atoms with E-state index in [1.165, 1.54) is 0 Å². The maximum Gasteiger partial charge on any atom is 0.227 e. The number of hydrogen-bond donors (Lipinski definition) is 0. The number of benzene rings is 1. The topological polar surface area (TPSA) is 53.3 Å². The zero-order valence-corrected chi connectivity index (χ0v) is 10.7. The first-order chi connectivity index (χ1) is 8.67. The summed E-state index contributed by atoms with van der Waals surface area (Å²) < 4.78 is 5.26. The fourth-order valence-electron chi connectivity index (χ4n) is 2.32. The van der Waals surface area contributed by atoms with Gasteiger partial charge in [0, 0.05) is 18.7 Å². The molecule has 94 valence electrons. The molecule has 1 saturated heterocycles. The fourth-order valence-corrected chi connectivity index (χ4v) is 2.32. The molecule has 1 fully saturated rings. The number of aryl methyl sites for hydroxylation is 1. The predicted octanol–water partition coefficient (Wildman–Crippen LogP) is 2.20. The molecule has 18 heavy (non-hydrogen) atoms. The summed E-state index contributed by atoms with van der Waals surface area (Å²) in [5, 5.41) is 8.89. The van der Waals surface area contributed by atoms with E-state index < -0.39 is 0 Å². The van der Waals surface area contributed by atoms with Gasteiger partial charge in [-0.1, -0.05) is 0 Å². The molecule has 1 amide bonds. The second-order valence-electron chi connectivity index (χ2n) is 4.43. The summed E-state index contributed by atoms with van der Waals surface area (Å²) in [7, 11) is 1.61. The van der Waals surface area contributed by atoms with Crippen LogP contribution in [-0.2, 0) is 11.2 Å². The van der Waals surface area contributed by atoms with Crippen molar-refractivity contribution in [1.29, 1.82) is 5.26 Å². The van der Waals surface area contributed by atoms with Crippen molar-refractivity contribution in [1.82, 2.24) is 0 Å². The van der Waals surface area contributed by atoms with E-state index in [2.05, 4.69) is 6.07 Å². The van der Waals surface area contributed by atoms with E-state index >= 15 is 0 Å². The smallest absolute Gasteiger partial charge is 0.227 e. The van der Waals surface area contributed by atoms with Crippen molar-refractivity contribution in [2.75, 3.05) is 18.6 Å². The Morgan fingerprint density at radius 2 is 2.28 bits per heavy atom. The van der Waals surface area contributed by atoms with Crippen LogP contribution < -0.4 is 9.64 Å². The molecular formula is C14H16N2O2. The van der Waals surface area contributed by atoms with Gasteiger partial charge in [-0.3, -0.25) is 4.79 Å². The van der Waals surface area contributed by atoms with Crippen LogP contribution in [0.3, 0.4) is 0 Å². The van der Waals surface area contributed by atoms with Crippen molar-refractivity contribution in [3.63, 3.8) is 0 Å². The van der Waals surface area contributed by atoms with Crippen LogP contribution in [-0.4, -0.2) is 19.6 Å². The molecule has 1 aromatic carbocycles. The molecule has 0 N–H and O–H groups in total. The molecule has 1 aliphatic heterocycles. The normalized spacial score (nSPS) is 14.7. The molecule has 0 atom stereocenters. The van der Waals surface area contributed by atoms with Crippen molar-refractivity contribution in [2.45, 2.75) is 26.2 Å². The predicted molar refractivity (Wildman–Crippen MR) is 68.6 cm³/mol.